The molecule has 0 aromatic heterocycles. The Morgan fingerprint density at radius 3 is 2.52 bits per heavy atom. The van der Waals surface area contributed by atoms with Gasteiger partial charge in [-0.15, -0.1) is 0 Å². The summed E-state index contributed by atoms with van der Waals surface area (Å²) in [5.74, 6) is 0. The summed E-state index contributed by atoms with van der Waals surface area (Å²) < 4.78 is 0. The molecule has 0 spiro atoms. The minimum atomic E-state index is 0.716. The molecule has 3 heteroatoms. The summed E-state index contributed by atoms with van der Waals surface area (Å²) in [4.78, 5) is 2.19. The molecule has 0 atom stereocenters. The SMILES string of the molecule is CCN(c1ccccc1C)c1ccc(CNC)cc1C#N. The second-order valence-electron chi connectivity index (χ2n) is 5.02. The van der Waals surface area contributed by atoms with Crippen LogP contribution in [-0.2, 0) is 6.54 Å². The zero-order valence-corrected chi connectivity index (χ0v) is 12.9. The van der Waals surface area contributed by atoms with Crippen molar-refractivity contribution in [2.45, 2.75) is 20.4 Å². The molecule has 0 saturated heterocycles. The van der Waals surface area contributed by atoms with E-state index in [1.54, 1.807) is 0 Å². The number of hydrogen-bond donors (Lipinski definition) is 1. The number of nitriles is 1. The first-order valence-corrected chi connectivity index (χ1v) is 7.22. The number of hydrogen-bond acceptors (Lipinski definition) is 3. The molecular weight excluding hydrogens is 258 g/mol. The van der Waals surface area contributed by atoms with Crippen LogP contribution in [0.2, 0.25) is 0 Å². The summed E-state index contributed by atoms with van der Waals surface area (Å²) in [6.45, 7) is 5.80. The van der Waals surface area contributed by atoms with Gasteiger partial charge in [0.05, 0.1) is 11.3 Å². The van der Waals surface area contributed by atoms with Crippen LogP contribution in [0, 0.1) is 18.3 Å². The highest BCUT2D eigenvalue weighted by molar-refractivity contribution is 5.71. The fraction of sp³-hybridized carbons (Fsp3) is 0.278. The lowest BCUT2D eigenvalue weighted by molar-refractivity contribution is 0.817. The minimum Gasteiger partial charge on any atom is -0.340 e. The molecule has 0 aliphatic heterocycles. The van der Waals surface area contributed by atoms with Crippen molar-refractivity contribution in [2.24, 2.45) is 0 Å². The first kappa shape index (κ1) is 15.1. The van der Waals surface area contributed by atoms with Crippen molar-refractivity contribution in [1.29, 1.82) is 5.26 Å². The molecule has 0 unspecified atom stereocenters. The van der Waals surface area contributed by atoms with Gasteiger partial charge in [-0.3, -0.25) is 0 Å². The quantitative estimate of drug-likeness (QED) is 0.906. The van der Waals surface area contributed by atoms with Gasteiger partial charge in [0.25, 0.3) is 0 Å². The summed E-state index contributed by atoms with van der Waals surface area (Å²) in [5.41, 5.74) is 5.17. The summed E-state index contributed by atoms with van der Waals surface area (Å²) in [6.07, 6.45) is 0. The molecule has 0 amide bonds. The van der Waals surface area contributed by atoms with Crippen LogP contribution in [0.3, 0.4) is 0 Å². The fourth-order valence-corrected chi connectivity index (χ4v) is 2.56. The Morgan fingerprint density at radius 2 is 1.90 bits per heavy atom. The van der Waals surface area contributed by atoms with Crippen LogP contribution in [0.5, 0.6) is 0 Å². The Morgan fingerprint density at radius 1 is 1.14 bits per heavy atom. The first-order valence-electron chi connectivity index (χ1n) is 7.22. The Kier molecular flexibility index (Phi) is 4.97. The van der Waals surface area contributed by atoms with E-state index in [1.807, 2.05) is 31.3 Å². The Bertz CT molecular complexity index is 656. The van der Waals surface area contributed by atoms with Crippen LogP contribution in [0.1, 0.15) is 23.6 Å². The van der Waals surface area contributed by atoms with E-state index in [9.17, 15) is 5.26 Å². The average molecular weight is 279 g/mol. The van der Waals surface area contributed by atoms with Gasteiger partial charge in [-0.2, -0.15) is 5.26 Å². The number of benzene rings is 2. The average Bonchev–Trinajstić information content (AvgIpc) is 2.51. The number of nitrogens with one attached hydrogen (secondary N) is 1. The monoisotopic (exact) mass is 279 g/mol. The predicted octanol–water partition coefficient (Wildman–Crippen LogP) is 3.74. The lowest BCUT2D eigenvalue weighted by Gasteiger charge is -2.26. The van der Waals surface area contributed by atoms with Crippen LogP contribution in [0.25, 0.3) is 0 Å². The molecule has 2 aromatic carbocycles. The summed E-state index contributed by atoms with van der Waals surface area (Å²) >= 11 is 0. The molecule has 1 N–H and O–H groups in total. The molecule has 0 aliphatic rings. The van der Waals surface area contributed by atoms with E-state index in [1.165, 1.54) is 5.56 Å². The van der Waals surface area contributed by atoms with Gasteiger partial charge in [0.1, 0.15) is 6.07 Å². The van der Waals surface area contributed by atoms with Crippen molar-refractivity contribution in [3.63, 3.8) is 0 Å². The van der Waals surface area contributed by atoms with Crippen molar-refractivity contribution < 1.29 is 0 Å². The van der Waals surface area contributed by atoms with Crippen molar-refractivity contribution in [3.05, 3.63) is 59.2 Å². The van der Waals surface area contributed by atoms with Crippen molar-refractivity contribution in [2.75, 3.05) is 18.5 Å². The van der Waals surface area contributed by atoms with Crippen LogP contribution in [-0.4, -0.2) is 13.6 Å². The topological polar surface area (TPSA) is 39.1 Å². The van der Waals surface area contributed by atoms with Crippen molar-refractivity contribution in [1.82, 2.24) is 5.32 Å². The molecule has 2 rings (SSSR count). The Balaban J connectivity index is 2.48. The van der Waals surface area contributed by atoms with Gasteiger partial charge >= 0.3 is 0 Å². The van der Waals surface area contributed by atoms with Crippen LogP contribution >= 0.6 is 0 Å². The van der Waals surface area contributed by atoms with Crippen LogP contribution in [0.15, 0.2) is 42.5 Å². The maximum Gasteiger partial charge on any atom is 0.101 e. The molecule has 0 radical (unpaired) electrons. The van der Waals surface area contributed by atoms with Gasteiger partial charge in [0.2, 0.25) is 0 Å². The Hall–Kier alpha value is -2.31. The van der Waals surface area contributed by atoms with Gasteiger partial charge in [0.15, 0.2) is 0 Å². The van der Waals surface area contributed by atoms with Gasteiger partial charge in [-0.05, 0) is 50.2 Å². The molecule has 0 bridgehead atoms. The largest absolute Gasteiger partial charge is 0.340 e. The molecule has 108 valence electrons. The normalized spacial score (nSPS) is 10.2. The number of anilines is 2. The Labute approximate surface area is 126 Å². The standard InChI is InChI=1S/C18H21N3/c1-4-21(17-8-6-5-7-14(17)2)18-10-9-15(13-20-3)11-16(18)12-19/h5-11,20H,4,13H2,1-3H3. The highest BCUT2D eigenvalue weighted by Crippen LogP contribution is 2.31. The third-order valence-corrected chi connectivity index (χ3v) is 3.58. The second-order valence-corrected chi connectivity index (χ2v) is 5.02. The van der Waals surface area contributed by atoms with E-state index in [4.69, 9.17) is 0 Å². The third-order valence-electron chi connectivity index (χ3n) is 3.58. The van der Waals surface area contributed by atoms with Gasteiger partial charge in [0, 0.05) is 18.8 Å². The number of rotatable bonds is 5. The maximum atomic E-state index is 9.47. The van der Waals surface area contributed by atoms with Gasteiger partial charge in [-0.1, -0.05) is 24.3 Å². The zero-order valence-electron chi connectivity index (χ0n) is 12.9. The molecule has 0 aliphatic carbocycles. The van der Waals surface area contributed by atoms with Gasteiger partial charge in [-0.25, -0.2) is 0 Å². The number of nitrogens with zero attached hydrogens (tertiary/aromatic N) is 2. The summed E-state index contributed by atoms with van der Waals surface area (Å²) in [5, 5.41) is 12.6. The van der Waals surface area contributed by atoms with Crippen molar-refractivity contribution in [3.8, 4) is 6.07 Å². The molecule has 21 heavy (non-hydrogen) atoms. The molecule has 3 nitrogen and oxygen atoms in total. The summed E-state index contributed by atoms with van der Waals surface area (Å²) in [7, 11) is 1.91. The smallest absolute Gasteiger partial charge is 0.101 e. The van der Waals surface area contributed by atoms with Gasteiger partial charge < -0.3 is 10.2 Å². The van der Waals surface area contributed by atoms with Crippen LogP contribution in [0.4, 0.5) is 11.4 Å². The minimum absolute atomic E-state index is 0.716. The fourth-order valence-electron chi connectivity index (χ4n) is 2.56. The van der Waals surface area contributed by atoms with E-state index in [0.717, 1.165) is 30.0 Å². The van der Waals surface area contributed by atoms with E-state index in [0.29, 0.717) is 5.56 Å². The predicted molar refractivity (Wildman–Crippen MR) is 87.8 cm³/mol. The second kappa shape index (κ2) is 6.92. The molecule has 0 heterocycles. The van der Waals surface area contributed by atoms with Crippen molar-refractivity contribution >= 4 is 11.4 Å². The lowest BCUT2D eigenvalue weighted by atomic mass is 10.1. The molecule has 2 aromatic rings. The summed E-state index contributed by atoms with van der Waals surface area (Å²) in [6, 6.07) is 16.7. The highest BCUT2D eigenvalue weighted by atomic mass is 15.1. The lowest BCUT2D eigenvalue weighted by Crippen LogP contribution is -2.18. The molecular formula is C18H21N3. The highest BCUT2D eigenvalue weighted by Gasteiger charge is 2.13. The van der Waals surface area contributed by atoms with Crippen LogP contribution < -0.4 is 10.2 Å². The maximum absolute atomic E-state index is 9.47. The van der Waals surface area contributed by atoms with E-state index in [2.05, 4.69) is 48.3 Å². The molecule has 0 saturated carbocycles. The van der Waals surface area contributed by atoms with E-state index in [-0.39, 0.29) is 0 Å². The van der Waals surface area contributed by atoms with E-state index < -0.39 is 0 Å². The third kappa shape index (κ3) is 3.24. The van der Waals surface area contributed by atoms with E-state index >= 15 is 0 Å². The first-order chi connectivity index (χ1) is 10.2. The number of para-hydroxylation sites is 1. The number of aryl methyl sites for hydroxylation is 1. The molecule has 0 fully saturated rings. The zero-order chi connectivity index (χ0) is 15.2.